The summed E-state index contributed by atoms with van der Waals surface area (Å²) in [5.41, 5.74) is 0.720. The summed E-state index contributed by atoms with van der Waals surface area (Å²) in [7, 11) is -3.60. The van der Waals surface area contributed by atoms with E-state index in [4.69, 9.17) is 32.7 Å². The number of rotatable bonds is 10. The molecule has 1 aliphatic rings. The van der Waals surface area contributed by atoms with Gasteiger partial charge in [0.25, 0.3) is 5.91 Å². The lowest BCUT2D eigenvalue weighted by Gasteiger charge is -2.26. The monoisotopic (exact) mass is 514 g/mol. The Morgan fingerprint density at radius 3 is 2.30 bits per heavy atom. The molecule has 0 saturated carbocycles. The minimum Gasteiger partial charge on any atom is -0.490 e. The highest BCUT2D eigenvalue weighted by Gasteiger charge is 2.26. The van der Waals surface area contributed by atoms with Gasteiger partial charge < -0.3 is 14.8 Å². The summed E-state index contributed by atoms with van der Waals surface area (Å²) in [6, 6.07) is 9.03. The van der Waals surface area contributed by atoms with Gasteiger partial charge in [0, 0.05) is 24.3 Å². The predicted molar refractivity (Wildman–Crippen MR) is 130 cm³/mol. The highest BCUT2D eigenvalue weighted by atomic mass is 35.5. The Kier molecular flexibility index (Phi) is 9.40. The van der Waals surface area contributed by atoms with E-state index in [2.05, 4.69) is 12.2 Å². The van der Waals surface area contributed by atoms with Gasteiger partial charge in [-0.15, -0.1) is 0 Å². The molecule has 0 radical (unpaired) electrons. The number of anilines is 1. The molecule has 0 bridgehead atoms. The molecule has 0 atom stereocenters. The molecular weight excluding hydrogens is 487 g/mol. The topological polar surface area (TPSA) is 84.9 Å². The molecule has 1 N–H and O–H groups in total. The number of ether oxygens (including phenoxy) is 2. The van der Waals surface area contributed by atoms with Gasteiger partial charge in [-0.1, -0.05) is 49.4 Å². The minimum atomic E-state index is -3.60. The molecule has 1 fully saturated rings. The Bertz CT molecular complexity index is 1030. The third-order valence-electron chi connectivity index (χ3n) is 5.22. The molecule has 7 nitrogen and oxygen atoms in total. The van der Waals surface area contributed by atoms with E-state index < -0.39 is 15.9 Å². The van der Waals surface area contributed by atoms with Gasteiger partial charge in [-0.2, -0.15) is 4.31 Å². The maximum atomic E-state index is 12.7. The van der Waals surface area contributed by atoms with Crippen LogP contribution in [0.5, 0.6) is 5.75 Å². The van der Waals surface area contributed by atoms with Crippen LogP contribution in [0.2, 0.25) is 10.0 Å². The second kappa shape index (κ2) is 12.0. The van der Waals surface area contributed by atoms with Crippen LogP contribution in [0.1, 0.15) is 43.0 Å². The molecule has 0 spiro atoms. The molecule has 1 aliphatic heterocycles. The zero-order chi connectivity index (χ0) is 23.8. The highest BCUT2D eigenvalue weighted by Crippen LogP contribution is 2.34. The standard InChI is InChI=1S/C23H28Cl2N2O5S/c1-2-3-4-5-12-32-22-20(24)15-17(16-21(22)25)23(28)26-18-6-8-19(9-7-18)33(29,30)27-10-13-31-14-11-27/h6-9,15-16H,2-5,10-14H2,1H3,(H,26,28). The molecule has 33 heavy (non-hydrogen) atoms. The van der Waals surface area contributed by atoms with Gasteiger partial charge in [0.05, 0.1) is 34.8 Å². The summed E-state index contributed by atoms with van der Waals surface area (Å²) >= 11 is 12.6. The first kappa shape index (κ1) is 25.8. The summed E-state index contributed by atoms with van der Waals surface area (Å²) < 4.78 is 37.7. The van der Waals surface area contributed by atoms with Crippen LogP contribution in [0.25, 0.3) is 0 Å². The Hall–Kier alpha value is -1.84. The number of hydrogen-bond donors (Lipinski definition) is 1. The number of nitrogens with zero attached hydrogens (tertiary/aromatic N) is 1. The normalized spacial score (nSPS) is 14.8. The second-order valence-electron chi connectivity index (χ2n) is 7.67. The van der Waals surface area contributed by atoms with Crippen LogP contribution in [-0.2, 0) is 14.8 Å². The number of unbranched alkanes of at least 4 members (excludes halogenated alkanes) is 3. The van der Waals surface area contributed by atoms with Gasteiger partial charge in [0.1, 0.15) is 0 Å². The average molecular weight is 515 g/mol. The molecule has 1 amide bonds. The number of nitrogens with one attached hydrogen (secondary N) is 1. The van der Waals surface area contributed by atoms with Crippen molar-refractivity contribution in [3.8, 4) is 5.75 Å². The first-order valence-electron chi connectivity index (χ1n) is 10.9. The van der Waals surface area contributed by atoms with Crippen LogP contribution < -0.4 is 10.1 Å². The lowest BCUT2D eigenvalue weighted by molar-refractivity contribution is 0.0730. The van der Waals surface area contributed by atoms with Crippen LogP contribution in [0.4, 0.5) is 5.69 Å². The van der Waals surface area contributed by atoms with Crippen molar-refractivity contribution < 1.29 is 22.7 Å². The molecule has 2 aromatic rings. The van der Waals surface area contributed by atoms with Gasteiger partial charge in [-0.05, 0) is 42.8 Å². The largest absolute Gasteiger partial charge is 0.490 e. The van der Waals surface area contributed by atoms with Crippen LogP contribution in [-0.4, -0.2) is 51.5 Å². The van der Waals surface area contributed by atoms with E-state index in [0.29, 0.717) is 44.3 Å². The van der Waals surface area contributed by atoms with E-state index in [1.165, 1.54) is 28.6 Å². The minimum absolute atomic E-state index is 0.161. The summed E-state index contributed by atoms with van der Waals surface area (Å²) in [5, 5.41) is 3.25. The molecule has 1 heterocycles. The lowest BCUT2D eigenvalue weighted by Crippen LogP contribution is -2.40. The number of hydrogen-bond acceptors (Lipinski definition) is 5. The van der Waals surface area contributed by atoms with Crippen LogP contribution in [0.3, 0.4) is 0 Å². The third-order valence-corrected chi connectivity index (χ3v) is 7.70. The van der Waals surface area contributed by atoms with E-state index >= 15 is 0 Å². The summed E-state index contributed by atoms with van der Waals surface area (Å²) in [4.78, 5) is 12.8. The Morgan fingerprint density at radius 1 is 1.06 bits per heavy atom. The molecule has 1 saturated heterocycles. The van der Waals surface area contributed by atoms with Crippen LogP contribution >= 0.6 is 23.2 Å². The van der Waals surface area contributed by atoms with Crippen LogP contribution in [0.15, 0.2) is 41.3 Å². The van der Waals surface area contributed by atoms with Gasteiger partial charge in [-0.25, -0.2) is 8.42 Å². The smallest absolute Gasteiger partial charge is 0.255 e. The van der Waals surface area contributed by atoms with Crippen molar-refractivity contribution in [2.75, 3.05) is 38.2 Å². The zero-order valence-electron chi connectivity index (χ0n) is 18.5. The lowest BCUT2D eigenvalue weighted by atomic mass is 10.2. The van der Waals surface area contributed by atoms with E-state index in [9.17, 15) is 13.2 Å². The Labute approximate surface area is 205 Å². The van der Waals surface area contributed by atoms with Crippen molar-refractivity contribution >= 4 is 44.8 Å². The molecule has 180 valence electrons. The van der Waals surface area contributed by atoms with Gasteiger partial charge >= 0.3 is 0 Å². The van der Waals surface area contributed by atoms with Crippen molar-refractivity contribution in [3.05, 3.63) is 52.0 Å². The van der Waals surface area contributed by atoms with E-state index in [1.807, 2.05) is 0 Å². The summed E-state index contributed by atoms with van der Waals surface area (Å²) in [5.74, 6) is -0.0545. The van der Waals surface area contributed by atoms with Crippen molar-refractivity contribution in [2.45, 2.75) is 37.5 Å². The van der Waals surface area contributed by atoms with Crippen molar-refractivity contribution in [1.29, 1.82) is 0 Å². The fourth-order valence-corrected chi connectivity index (χ4v) is 5.39. The van der Waals surface area contributed by atoms with E-state index in [1.54, 1.807) is 12.1 Å². The molecule has 0 aliphatic carbocycles. The molecule has 3 rings (SSSR count). The fraction of sp³-hybridized carbons (Fsp3) is 0.435. The zero-order valence-corrected chi connectivity index (χ0v) is 20.8. The first-order chi connectivity index (χ1) is 15.8. The van der Waals surface area contributed by atoms with E-state index in [-0.39, 0.29) is 20.5 Å². The van der Waals surface area contributed by atoms with Gasteiger partial charge in [0.2, 0.25) is 10.0 Å². The number of carbonyl (C=O) groups is 1. The number of morpholine rings is 1. The van der Waals surface area contributed by atoms with Crippen molar-refractivity contribution in [1.82, 2.24) is 4.31 Å². The van der Waals surface area contributed by atoms with E-state index in [0.717, 1.165) is 25.7 Å². The molecule has 10 heteroatoms. The Morgan fingerprint density at radius 2 is 1.70 bits per heavy atom. The molecule has 2 aromatic carbocycles. The maximum Gasteiger partial charge on any atom is 0.255 e. The van der Waals surface area contributed by atoms with Crippen LogP contribution in [0, 0.1) is 0 Å². The Balaban J connectivity index is 1.63. The molecule has 0 unspecified atom stereocenters. The number of benzene rings is 2. The van der Waals surface area contributed by atoms with Gasteiger partial charge in [-0.3, -0.25) is 4.79 Å². The number of sulfonamides is 1. The second-order valence-corrected chi connectivity index (χ2v) is 10.4. The molecule has 0 aromatic heterocycles. The average Bonchev–Trinajstić information content (AvgIpc) is 2.81. The maximum absolute atomic E-state index is 12.7. The number of halogens is 2. The number of amides is 1. The summed E-state index contributed by atoms with van der Waals surface area (Å²) in [6.07, 6.45) is 4.25. The number of carbonyl (C=O) groups excluding carboxylic acids is 1. The predicted octanol–water partition coefficient (Wildman–Crippen LogP) is 5.23. The fourth-order valence-electron chi connectivity index (χ4n) is 3.38. The summed E-state index contributed by atoms with van der Waals surface area (Å²) in [6.45, 7) is 4.04. The SMILES string of the molecule is CCCCCCOc1c(Cl)cc(C(=O)Nc2ccc(S(=O)(=O)N3CCOCC3)cc2)cc1Cl. The van der Waals surface area contributed by atoms with Gasteiger partial charge in [0.15, 0.2) is 5.75 Å². The van der Waals surface area contributed by atoms with Crippen molar-refractivity contribution in [2.24, 2.45) is 0 Å². The van der Waals surface area contributed by atoms with Crippen molar-refractivity contribution in [3.63, 3.8) is 0 Å². The molecular formula is C23H28Cl2N2O5S. The highest BCUT2D eigenvalue weighted by molar-refractivity contribution is 7.89. The first-order valence-corrected chi connectivity index (χ1v) is 13.1. The quantitative estimate of drug-likeness (QED) is 0.439. The third kappa shape index (κ3) is 6.83.